The van der Waals surface area contributed by atoms with Crippen molar-refractivity contribution in [2.75, 3.05) is 31.6 Å². The van der Waals surface area contributed by atoms with Crippen molar-refractivity contribution in [3.63, 3.8) is 0 Å². The van der Waals surface area contributed by atoms with E-state index in [-0.39, 0.29) is 46.7 Å². The minimum Gasteiger partial charge on any atom is -0.496 e. The molecule has 0 radical (unpaired) electrons. The van der Waals surface area contributed by atoms with Crippen LogP contribution < -0.4 is 9.64 Å². The fourth-order valence-electron chi connectivity index (χ4n) is 8.91. The number of fused-ring (bicyclic) bond motifs is 3. The third-order valence-corrected chi connectivity index (χ3v) is 12.3. The normalized spacial score (nSPS) is 26.5. The first-order valence-corrected chi connectivity index (χ1v) is 18.4. The van der Waals surface area contributed by atoms with Gasteiger partial charge >= 0.3 is 6.09 Å². The molecule has 2 heterocycles. The van der Waals surface area contributed by atoms with Crippen molar-refractivity contribution < 1.29 is 28.6 Å². The van der Waals surface area contributed by atoms with E-state index in [9.17, 15) is 14.7 Å². The molecule has 8 rings (SSSR count). The van der Waals surface area contributed by atoms with Crippen molar-refractivity contribution in [3.05, 3.63) is 65.7 Å². The Hall–Kier alpha value is -3.92. The van der Waals surface area contributed by atoms with Crippen LogP contribution in [0.2, 0.25) is 0 Å². The van der Waals surface area contributed by atoms with Crippen LogP contribution in [0, 0.1) is 24.1 Å². The number of methoxy groups -OCH3 is 1. The number of β-amino-alcohol motifs (C(OH)–C–C–N with tert-alkyl or cyclic N) is 1. The number of carbonyl (C=O) groups is 2. The number of aromatic nitrogens is 2. The zero-order chi connectivity index (χ0) is 35.2. The fourth-order valence-corrected chi connectivity index (χ4v) is 8.91. The van der Waals surface area contributed by atoms with E-state index < -0.39 is 6.10 Å². The molecule has 268 valence electrons. The van der Waals surface area contributed by atoms with Gasteiger partial charge in [0.25, 0.3) is 0 Å². The van der Waals surface area contributed by atoms with E-state index in [4.69, 9.17) is 9.47 Å². The van der Waals surface area contributed by atoms with Crippen LogP contribution in [0.25, 0.3) is 11.1 Å². The monoisotopic (exact) mass is 686 g/mol. The predicted octanol–water partition coefficient (Wildman–Crippen LogP) is 7.58. The van der Waals surface area contributed by atoms with Gasteiger partial charge in [-0.15, -0.1) is 0 Å². The molecule has 9 nitrogen and oxygen atoms in total. The number of carbonyl (C=O) groups excluding carboxylic acids is 2. The maximum Gasteiger partial charge on any atom is 0.410 e. The number of rotatable bonds is 9. The van der Waals surface area contributed by atoms with Crippen molar-refractivity contribution in [3.8, 4) is 16.9 Å². The summed E-state index contributed by atoms with van der Waals surface area (Å²) in [6, 6.07) is 11.8. The maximum atomic E-state index is 15.4. The number of amides is 2. The van der Waals surface area contributed by atoms with Gasteiger partial charge < -0.3 is 24.4 Å². The molecule has 1 saturated heterocycles. The molecule has 4 saturated carbocycles. The summed E-state index contributed by atoms with van der Waals surface area (Å²) in [6.07, 6.45) is 11.3. The van der Waals surface area contributed by atoms with Crippen molar-refractivity contribution in [2.24, 2.45) is 11.3 Å². The first-order valence-electron chi connectivity index (χ1n) is 18.4. The summed E-state index contributed by atoms with van der Waals surface area (Å²) in [5.74, 6) is 0.435. The molecule has 1 aliphatic heterocycles. The Morgan fingerprint density at radius 2 is 1.72 bits per heavy atom. The van der Waals surface area contributed by atoms with Gasteiger partial charge in [-0.2, -0.15) is 5.10 Å². The largest absolute Gasteiger partial charge is 0.496 e. The number of aryl methyl sites for hydroxylation is 1. The molecule has 0 spiro atoms. The number of aliphatic hydroxyl groups excluding tert-OH is 1. The second-order valence-corrected chi connectivity index (χ2v) is 15.8. The number of nitrogens with zero attached hydrogens (tertiary/aromatic N) is 4. The van der Waals surface area contributed by atoms with E-state index in [0.29, 0.717) is 56.4 Å². The summed E-state index contributed by atoms with van der Waals surface area (Å²) in [7, 11) is 1.72. The second-order valence-electron chi connectivity index (χ2n) is 15.8. The van der Waals surface area contributed by atoms with Crippen LogP contribution in [-0.4, -0.2) is 70.7 Å². The van der Waals surface area contributed by atoms with Crippen molar-refractivity contribution in [2.45, 2.75) is 109 Å². The first-order chi connectivity index (χ1) is 24.0. The van der Waals surface area contributed by atoms with Crippen LogP contribution in [0.4, 0.5) is 14.9 Å². The van der Waals surface area contributed by atoms with Gasteiger partial charge in [0.05, 0.1) is 32.5 Å². The summed E-state index contributed by atoms with van der Waals surface area (Å²) >= 11 is 0. The minimum atomic E-state index is -0.476. The maximum absolute atomic E-state index is 15.4. The second kappa shape index (κ2) is 13.7. The summed E-state index contributed by atoms with van der Waals surface area (Å²) in [5.41, 5.74) is 4.55. The molecular weight excluding hydrogens is 635 g/mol. The topological polar surface area (TPSA) is 97.1 Å². The summed E-state index contributed by atoms with van der Waals surface area (Å²) in [5, 5.41) is 14.0. The molecule has 4 aliphatic carbocycles. The Morgan fingerprint density at radius 3 is 2.32 bits per heavy atom. The summed E-state index contributed by atoms with van der Waals surface area (Å²) in [4.78, 5) is 30.6. The molecule has 2 amide bonds. The molecule has 3 aromatic rings. The molecule has 2 aromatic carbocycles. The van der Waals surface area contributed by atoms with Crippen LogP contribution in [0.5, 0.6) is 5.75 Å². The van der Waals surface area contributed by atoms with E-state index in [2.05, 4.69) is 30.2 Å². The van der Waals surface area contributed by atoms with Gasteiger partial charge in [0.15, 0.2) is 0 Å². The number of halogens is 1. The Balaban J connectivity index is 1.12. The van der Waals surface area contributed by atoms with E-state index in [1.165, 1.54) is 16.5 Å². The van der Waals surface area contributed by atoms with Crippen molar-refractivity contribution in [1.29, 1.82) is 0 Å². The molecule has 1 N–H and O–H groups in total. The van der Waals surface area contributed by atoms with Gasteiger partial charge in [-0.05, 0) is 131 Å². The van der Waals surface area contributed by atoms with Gasteiger partial charge in [-0.1, -0.05) is 12.1 Å². The van der Waals surface area contributed by atoms with Crippen LogP contribution in [0.15, 0.2) is 48.8 Å². The Morgan fingerprint density at radius 1 is 1.02 bits per heavy atom. The highest BCUT2D eigenvalue weighted by Gasteiger charge is 2.51. The van der Waals surface area contributed by atoms with Crippen LogP contribution in [0.1, 0.15) is 95.2 Å². The number of hydrogen-bond acceptors (Lipinski definition) is 6. The molecule has 0 unspecified atom stereocenters. The van der Waals surface area contributed by atoms with Gasteiger partial charge in [-0.3, -0.25) is 9.48 Å². The van der Waals surface area contributed by atoms with E-state index in [1.54, 1.807) is 19.4 Å². The Labute approximate surface area is 294 Å². The Kier molecular flexibility index (Phi) is 9.43. The molecule has 1 aromatic heterocycles. The lowest BCUT2D eigenvalue weighted by molar-refractivity contribution is -0.124. The molecular formula is C40H51FN4O5. The summed E-state index contributed by atoms with van der Waals surface area (Å²) in [6.45, 7) is 7.40. The highest BCUT2D eigenvalue weighted by Crippen LogP contribution is 2.58. The average Bonchev–Trinajstić information content (AvgIpc) is 3.61. The van der Waals surface area contributed by atoms with Crippen molar-refractivity contribution in [1.82, 2.24) is 14.7 Å². The number of benzene rings is 2. The van der Waals surface area contributed by atoms with Gasteiger partial charge in [0, 0.05) is 41.5 Å². The molecule has 50 heavy (non-hydrogen) atoms. The van der Waals surface area contributed by atoms with Crippen molar-refractivity contribution >= 4 is 17.7 Å². The quantitative estimate of drug-likeness (QED) is 0.249. The van der Waals surface area contributed by atoms with Crippen LogP contribution >= 0.6 is 0 Å². The fraction of sp³-hybridized carbons (Fsp3) is 0.575. The highest BCUT2D eigenvalue weighted by atomic mass is 19.1. The van der Waals surface area contributed by atoms with Gasteiger partial charge in [0.2, 0.25) is 5.91 Å². The highest BCUT2D eigenvalue weighted by molar-refractivity contribution is 5.96. The molecule has 0 atom stereocenters. The number of likely N-dealkylation sites (tertiary alicyclic amines) is 1. The Bertz CT molecular complexity index is 1700. The van der Waals surface area contributed by atoms with Crippen LogP contribution in [0.3, 0.4) is 0 Å². The summed E-state index contributed by atoms with van der Waals surface area (Å²) < 4.78 is 28.5. The third kappa shape index (κ3) is 6.63. The smallest absolute Gasteiger partial charge is 0.410 e. The molecule has 5 aliphatic rings. The minimum absolute atomic E-state index is 0.00941. The molecule has 10 heteroatoms. The van der Waals surface area contributed by atoms with Gasteiger partial charge in [0.1, 0.15) is 17.7 Å². The van der Waals surface area contributed by atoms with E-state index in [1.807, 2.05) is 35.7 Å². The van der Waals surface area contributed by atoms with E-state index >= 15 is 4.39 Å². The predicted molar refractivity (Wildman–Crippen MR) is 190 cm³/mol. The molecule has 5 fully saturated rings. The number of aliphatic hydroxyl groups is 1. The lowest BCUT2D eigenvalue weighted by Crippen LogP contribution is -2.54. The average molecular weight is 687 g/mol. The standard InChI is InChI=1S/C40H51FN4O5/c1-26(2)45-22-29(21-42-45)34-20-31(8-11-35(34)41)44(37(47)28-5-9-33(10-6-28)50-38(48)43-23-32(46)24-43)25-39-13-16-40(17-14-39,18-15-39)30-7-12-36(49-4)27(3)19-30/h7-8,11-12,19-22,26,28,32-33,46H,5-6,9-10,13-18,23-25H2,1-4H3/t28-,33-,39?,40?. The zero-order valence-corrected chi connectivity index (χ0v) is 29.9. The third-order valence-electron chi connectivity index (χ3n) is 12.3. The lowest BCUT2D eigenvalue weighted by atomic mass is 9.51. The molecule has 2 bridgehead atoms. The first kappa shape index (κ1) is 34.5. The van der Waals surface area contributed by atoms with Gasteiger partial charge in [-0.25, -0.2) is 9.18 Å². The number of anilines is 1. The SMILES string of the molecule is COc1ccc(C23CCC(CN(c4ccc(F)c(-c5cnn(C(C)C)c5)c4)C(=O)[C@H]4CC[C@H](OC(=O)N5CC(O)C5)CC4)(CC2)CC3)cc1C. The zero-order valence-electron chi connectivity index (χ0n) is 29.9. The number of hydrogen-bond donors (Lipinski definition) is 1. The van der Waals surface area contributed by atoms with Crippen LogP contribution in [-0.2, 0) is 14.9 Å². The van der Waals surface area contributed by atoms with E-state index in [0.717, 1.165) is 55.5 Å². The number of ether oxygens (including phenoxy) is 2. The lowest BCUT2D eigenvalue weighted by Gasteiger charge is -2.55.